The Morgan fingerprint density at radius 3 is 2.62 bits per heavy atom. The monoisotopic (exact) mass is 347 g/mol. The molecule has 1 fully saturated rings. The van der Waals surface area contributed by atoms with Gasteiger partial charge in [-0.1, -0.05) is 18.2 Å². The fraction of sp³-hybridized carbons (Fsp3) is 0.389. The van der Waals surface area contributed by atoms with E-state index in [-0.39, 0.29) is 34.1 Å². The second-order valence-electron chi connectivity index (χ2n) is 6.18. The van der Waals surface area contributed by atoms with Crippen molar-refractivity contribution < 1.29 is 17.6 Å². The Hall–Kier alpha value is -2.08. The first-order valence-electron chi connectivity index (χ1n) is 8.15. The maximum atomic E-state index is 12.5. The smallest absolute Gasteiger partial charge is 0.289 e. The van der Waals surface area contributed by atoms with Crippen molar-refractivity contribution in [2.75, 3.05) is 6.54 Å². The molecule has 0 N–H and O–H groups in total. The van der Waals surface area contributed by atoms with E-state index in [9.17, 15) is 13.2 Å². The van der Waals surface area contributed by atoms with Gasteiger partial charge in [-0.25, -0.2) is 8.42 Å². The highest BCUT2D eigenvalue weighted by molar-refractivity contribution is 7.90. The van der Waals surface area contributed by atoms with Crippen LogP contribution in [0, 0.1) is 0 Å². The minimum absolute atomic E-state index is 0.162. The predicted octanol–water partition coefficient (Wildman–Crippen LogP) is 3.27. The summed E-state index contributed by atoms with van der Waals surface area (Å²) in [5.74, 6) is 0.0827. The van der Waals surface area contributed by atoms with Crippen molar-refractivity contribution in [3.8, 4) is 0 Å². The van der Waals surface area contributed by atoms with Gasteiger partial charge in [-0.15, -0.1) is 0 Å². The first-order valence-corrected chi connectivity index (χ1v) is 9.80. The van der Waals surface area contributed by atoms with Crippen molar-refractivity contribution in [1.82, 2.24) is 4.90 Å². The molecule has 3 rings (SSSR count). The number of furan rings is 1. The van der Waals surface area contributed by atoms with Crippen molar-refractivity contribution in [1.29, 1.82) is 0 Å². The lowest BCUT2D eigenvalue weighted by atomic mass is 10.0. The maximum Gasteiger partial charge on any atom is 0.289 e. The summed E-state index contributed by atoms with van der Waals surface area (Å²) in [6.07, 6.45) is 3.11. The van der Waals surface area contributed by atoms with E-state index in [4.69, 9.17) is 4.42 Å². The number of carbonyl (C=O) groups is 1. The summed E-state index contributed by atoms with van der Waals surface area (Å²) in [6, 6.07) is 11.6. The van der Waals surface area contributed by atoms with Crippen LogP contribution in [0.3, 0.4) is 0 Å². The summed E-state index contributed by atoms with van der Waals surface area (Å²) in [5, 5.41) is 0. The molecule has 0 bridgehead atoms. The number of carbonyl (C=O) groups excluding carboxylic acids is 1. The molecule has 1 saturated heterocycles. The van der Waals surface area contributed by atoms with Crippen LogP contribution in [0.25, 0.3) is 0 Å². The van der Waals surface area contributed by atoms with Gasteiger partial charge in [0.25, 0.3) is 5.91 Å². The molecule has 1 atom stereocenters. The Labute approximate surface area is 142 Å². The van der Waals surface area contributed by atoms with Gasteiger partial charge < -0.3 is 9.32 Å². The molecule has 2 aromatic rings. The van der Waals surface area contributed by atoms with Crippen molar-refractivity contribution in [3.05, 3.63) is 54.0 Å². The quantitative estimate of drug-likeness (QED) is 0.851. The van der Waals surface area contributed by atoms with E-state index in [1.54, 1.807) is 47.4 Å². The van der Waals surface area contributed by atoms with Crippen molar-refractivity contribution in [3.63, 3.8) is 0 Å². The lowest BCUT2D eigenvalue weighted by molar-refractivity contribution is 0.0601. The first kappa shape index (κ1) is 16.8. The van der Waals surface area contributed by atoms with Crippen molar-refractivity contribution in [2.24, 2.45) is 0 Å². The van der Waals surface area contributed by atoms with E-state index in [1.807, 2.05) is 6.92 Å². The van der Waals surface area contributed by atoms with Crippen molar-refractivity contribution in [2.45, 2.75) is 42.9 Å². The van der Waals surface area contributed by atoms with Crippen LogP contribution in [0.1, 0.15) is 42.5 Å². The van der Waals surface area contributed by atoms with Gasteiger partial charge in [0.2, 0.25) is 0 Å². The molecular formula is C18H21NO4S. The number of hydrogen-bond acceptors (Lipinski definition) is 4. The average Bonchev–Trinajstić information content (AvgIpc) is 3.03. The second-order valence-corrected chi connectivity index (χ2v) is 8.17. The second kappa shape index (κ2) is 6.81. The van der Waals surface area contributed by atoms with E-state index in [0.717, 1.165) is 25.8 Å². The predicted molar refractivity (Wildman–Crippen MR) is 90.4 cm³/mol. The maximum absolute atomic E-state index is 12.5. The van der Waals surface area contributed by atoms with Gasteiger partial charge in [0.05, 0.1) is 4.90 Å². The number of likely N-dealkylation sites (tertiary alicyclic amines) is 1. The molecule has 5 nitrogen and oxygen atoms in total. The Bertz CT molecular complexity index is 811. The molecule has 1 aromatic carbocycles. The van der Waals surface area contributed by atoms with Crippen LogP contribution in [0.4, 0.5) is 0 Å². The van der Waals surface area contributed by atoms with Gasteiger partial charge in [-0.2, -0.15) is 0 Å². The number of amides is 1. The van der Waals surface area contributed by atoms with E-state index < -0.39 is 9.84 Å². The Morgan fingerprint density at radius 2 is 1.92 bits per heavy atom. The topological polar surface area (TPSA) is 67.6 Å². The van der Waals surface area contributed by atoms with Crippen LogP contribution < -0.4 is 0 Å². The molecule has 0 saturated carbocycles. The van der Waals surface area contributed by atoms with Gasteiger partial charge in [0.1, 0.15) is 11.5 Å². The zero-order chi connectivity index (χ0) is 17.2. The minimum atomic E-state index is -3.48. The van der Waals surface area contributed by atoms with Gasteiger partial charge in [0, 0.05) is 12.6 Å². The number of piperidine rings is 1. The van der Waals surface area contributed by atoms with Gasteiger partial charge in [0.15, 0.2) is 15.6 Å². The first-order chi connectivity index (χ1) is 11.5. The molecule has 1 aromatic heterocycles. The zero-order valence-electron chi connectivity index (χ0n) is 13.6. The average molecular weight is 347 g/mol. The molecule has 0 radical (unpaired) electrons. The van der Waals surface area contributed by atoms with Crippen LogP contribution in [0.2, 0.25) is 0 Å². The number of nitrogens with zero attached hydrogens (tertiary/aromatic N) is 1. The van der Waals surface area contributed by atoms with E-state index >= 15 is 0 Å². The van der Waals surface area contributed by atoms with Gasteiger partial charge in [-0.3, -0.25) is 4.79 Å². The van der Waals surface area contributed by atoms with Crippen LogP contribution in [0.5, 0.6) is 0 Å². The van der Waals surface area contributed by atoms with Crippen LogP contribution in [-0.2, 0) is 15.6 Å². The van der Waals surface area contributed by atoms with Crippen LogP contribution >= 0.6 is 0 Å². The molecule has 0 unspecified atom stereocenters. The SMILES string of the molecule is C[C@@H]1CCCCN1C(=O)c1ccc(CS(=O)(=O)c2ccccc2)o1. The molecule has 1 aliphatic rings. The van der Waals surface area contributed by atoms with Crippen LogP contribution in [0.15, 0.2) is 51.8 Å². The molecule has 2 heterocycles. The normalized spacial score (nSPS) is 18.5. The van der Waals surface area contributed by atoms with E-state index in [2.05, 4.69) is 0 Å². The van der Waals surface area contributed by atoms with E-state index in [1.165, 1.54) is 0 Å². The highest BCUT2D eigenvalue weighted by Crippen LogP contribution is 2.22. The lowest BCUT2D eigenvalue weighted by Gasteiger charge is -2.32. The number of rotatable bonds is 4. The third-order valence-corrected chi connectivity index (χ3v) is 6.03. The lowest BCUT2D eigenvalue weighted by Crippen LogP contribution is -2.41. The Morgan fingerprint density at radius 1 is 1.17 bits per heavy atom. The van der Waals surface area contributed by atoms with Crippen molar-refractivity contribution >= 4 is 15.7 Å². The fourth-order valence-corrected chi connectivity index (χ4v) is 4.28. The molecular weight excluding hydrogens is 326 g/mol. The number of benzene rings is 1. The summed E-state index contributed by atoms with van der Waals surface area (Å²) in [4.78, 5) is 14.6. The molecule has 128 valence electrons. The van der Waals surface area contributed by atoms with Crippen LogP contribution in [-0.4, -0.2) is 31.8 Å². The van der Waals surface area contributed by atoms with E-state index in [0.29, 0.717) is 0 Å². The molecule has 1 aliphatic heterocycles. The molecule has 0 aliphatic carbocycles. The summed E-state index contributed by atoms with van der Waals surface area (Å²) in [5.41, 5.74) is 0. The molecule has 0 spiro atoms. The third-order valence-electron chi connectivity index (χ3n) is 4.37. The molecule has 24 heavy (non-hydrogen) atoms. The number of hydrogen-bond donors (Lipinski definition) is 0. The van der Waals surface area contributed by atoms with Gasteiger partial charge >= 0.3 is 0 Å². The Kier molecular flexibility index (Phi) is 4.76. The largest absolute Gasteiger partial charge is 0.455 e. The summed E-state index contributed by atoms with van der Waals surface area (Å²) in [7, 11) is -3.48. The van der Waals surface area contributed by atoms with Gasteiger partial charge in [-0.05, 0) is 50.5 Å². The standard InChI is InChI=1S/C18H21NO4S/c1-14-7-5-6-12-19(14)18(20)17-11-10-15(23-17)13-24(21,22)16-8-3-2-4-9-16/h2-4,8-11,14H,5-7,12-13H2,1H3/t14-/m1/s1. The molecule has 6 heteroatoms. The summed E-state index contributed by atoms with van der Waals surface area (Å²) >= 11 is 0. The number of sulfone groups is 1. The third kappa shape index (κ3) is 3.53. The summed E-state index contributed by atoms with van der Waals surface area (Å²) in [6.45, 7) is 2.75. The minimum Gasteiger partial charge on any atom is -0.455 e. The Balaban J connectivity index is 1.75. The zero-order valence-corrected chi connectivity index (χ0v) is 14.5. The highest BCUT2D eigenvalue weighted by atomic mass is 32.2. The molecule has 1 amide bonds. The fourth-order valence-electron chi connectivity index (χ4n) is 3.01. The highest BCUT2D eigenvalue weighted by Gasteiger charge is 2.27. The summed E-state index contributed by atoms with van der Waals surface area (Å²) < 4.78 is 30.3.